The van der Waals surface area contributed by atoms with E-state index < -0.39 is 0 Å². The first-order valence-corrected chi connectivity index (χ1v) is 7.10. The van der Waals surface area contributed by atoms with E-state index in [0.29, 0.717) is 5.92 Å². The fourth-order valence-electron chi connectivity index (χ4n) is 1.94. The number of nitrogens with two attached hydrogens (primary N) is 1. The third kappa shape index (κ3) is 3.79. The molecule has 0 spiro atoms. The molecule has 0 saturated carbocycles. The van der Waals surface area contributed by atoms with Gasteiger partial charge in [0.1, 0.15) is 0 Å². The second-order valence-electron chi connectivity index (χ2n) is 4.57. The van der Waals surface area contributed by atoms with Crippen molar-refractivity contribution in [3.05, 3.63) is 16.4 Å². The molecule has 98 valence electrons. The normalized spacial score (nSPS) is 14.9. The summed E-state index contributed by atoms with van der Waals surface area (Å²) in [4.78, 5) is 0. The Hall–Kier alpha value is -0.390. The largest absolute Gasteiger partial charge is 0.271 e. The smallest absolute Gasteiger partial charge is 0.0709 e. The molecular formula is C12H23BrN4. The summed E-state index contributed by atoms with van der Waals surface area (Å²) in [5.41, 5.74) is 4.08. The Labute approximate surface area is 112 Å². The highest BCUT2D eigenvalue weighted by Crippen LogP contribution is 2.28. The van der Waals surface area contributed by atoms with Crippen LogP contribution in [0.1, 0.15) is 51.8 Å². The van der Waals surface area contributed by atoms with E-state index >= 15 is 0 Å². The van der Waals surface area contributed by atoms with E-state index in [0.717, 1.165) is 36.0 Å². The highest BCUT2D eigenvalue weighted by Gasteiger charge is 2.20. The molecule has 5 heteroatoms. The minimum Gasteiger partial charge on any atom is -0.271 e. The number of hydrogen-bond donors (Lipinski definition) is 2. The summed E-state index contributed by atoms with van der Waals surface area (Å²) in [6.07, 6.45) is 5.12. The van der Waals surface area contributed by atoms with Crippen LogP contribution in [0.5, 0.6) is 0 Å². The van der Waals surface area contributed by atoms with Crippen molar-refractivity contribution in [2.75, 3.05) is 0 Å². The Balaban J connectivity index is 2.89. The molecule has 0 saturated heterocycles. The van der Waals surface area contributed by atoms with E-state index in [9.17, 15) is 0 Å². The number of halogens is 1. The first-order valence-electron chi connectivity index (χ1n) is 6.31. The van der Waals surface area contributed by atoms with Crippen LogP contribution < -0.4 is 11.3 Å². The lowest BCUT2D eigenvalue weighted by Crippen LogP contribution is -2.31. The van der Waals surface area contributed by atoms with Crippen LogP contribution in [-0.4, -0.2) is 9.78 Å². The van der Waals surface area contributed by atoms with Gasteiger partial charge in [0.05, 0.1) is 22.4 Å². The summed E-state index contributed by atoms with van der Waals surface area (Å²) in [6.45, 7) is 7.54. The second-order valence-corrected chi connectivity index (χ2v) is 5.42. The van der Waals surface area contributed by atoms with Crippen LogP contribution in [0.25, 0.3) is 0 Å². The molecule has 0 aromatic carbocycles. The summed E-state index contributed by atoms with van der Waals surface area (Å²) >= 11 is 3.56. The van der Waals surface area contributed by atoms with Crippen molar-refractivity contribution in [2.45, 2.75) is 52.6 Å². The molecule has 1 aromatic heterocycles. The van der Waals surface area contributed by atoms with Crippen LogP contribution in [-0.2, 0) is 6.54 Å². The highest BCUT2D eigenvalue weighted by atomic mass is 79.9. The lowest BCUT2D eigenvalue weighted by Gasteiger charge is -2.21. The zero-order valence-electron chi connectivity index (χ0n) is 10.9. The van der Waals surface area contributed by atoms with Crippen LogP contribution in [0.2, 0.25) is 0 Å². The highest BCUT2D eigenvalue weighted by molar-refractivity contribution is 9.10. The molecule has 0 aliphatic rings. The summed E-state index contributed by atoms with van der Waals surface area (Å²) in [5, 5.41) is 4.38. The molecule has 0 bridgehead atoms. The predicted molar refractivity (Wildman–Crippen MR) is 74.4 cm³/mol. The maximum absolute atomic E-state index is 5.69. The maximum Gasteiger partial charge on any atom is 0.0709 e. The van der Waals surface area contributed by atoms with Gasteiger partial charge in [-0.3, -0.25) is 16.0 Å². The zero-order chi connectivity index (χ0) is 12.8. The average molecular weight is 303 g/mol. The molecule has 0 aliphatic carbocycles. The molecule has 3 N–H and O–H groups in total. The first kappa shape index (κ1) is 14.7. The predicted octanol–water partition coefficient (Wildman–Crippen LogP) is 3.00. The minimum absolute atomic E-state index is 0.161. The Kier molecular flexibility index (Phi) is 6.16. The molecule has 1 heterocycles. The Bertz CT molecular complexity index is 337. The van der Waals surface area contributed by atoms with Gasteiger partial charge in [0.15, 0.2) is 0 Å². The van der Waals surface area contributed by atoms with Gasteiger partial charge >= 0.3 is 0 Å². The topological polar surface area (TPSA) is 55.9 Å². The van der Waals surface area contributed by atoms with Gasteiger partial charge in [-0.15, -0.1) is 0 Å². The number of hydrogen-bond acceptors (Lipinski definition) is 3. The van der Waals surface area contributed by atoms with Crippen LogP contribution in [0, 0.1) is 5.92 Å². The van der Waals surface area contributed by atoms with Crippen molar-refractivity contribution in [1.29, 1.82) is 0 Å². The number of aromatic nitrogens is 2. The van der Waals surface area contributed by atoms with Gasteiger partial charge in [-0.25, -0.2) is 0 Å². The Morgan fingerprint density at radius 2 is 2.24 bits per heavy atom. The number of nitrogens with zero attached hydrogens (tertiary/aromatic N) is 2. The van der Waals surface area contributed by atoms with Crippen LogP contribution in [0.3, 0.4) is 0 Å². The van der Waals surface area contributed by atoms with Gasteiger partial charge in [0, 0.05) is 6.54 Å². The Morgan fingerprint density at radius 1 is 1.53 bits per heavy atom. The summed E-state index contributed by atoms with van der Waals surface area (Å²) in [6, 6.07) is 0.161. The van der Waals surface area contributed by atoms with E-state index in [1.165, 1.54) is 0 Å². The van der Waals surface area contributed by atoms with Crippen molar-refractivity contribution in [2.24, 2.45) is 11.8 Å². The second kappa shape index (κ2) is 7.13. The zero-order valence-corrected chi connectivity index (χ0v) is 12.5. The molecule has 0 amide bonds. The summed E-state index contributed by atoms with van der Waals surface area (Å²) < 4.78 is 3.08. The van der Waals surface area contributed by atoms with Crippen molar-refractivity contribution >= 4 is 15.9 Å². The standard InChI is InChI=1S/C12H23BrN4/c1-4-6-17-12(10(13)8-15-17)11(16-14)7-9(3)5-2/h8-9,11,16H,4-7,14H2,1-3H3. The van der Waals surface area contributed by atoms with Gasteiger partial charge in [0.25, 0.3) is 0 Å². The van der Waals surface area contributed by atoms with E-state index in [1.54, 1.807) is 0 Å². The number of nitrogens with one attached hydrogen (secondary N) is 1. The molecule has 0 radical (unpaired) electrons. The molecular weight excluding hydrogens is 280 g/mol. The van der Waals surface area contributed by atoms with Crippen molar-refractivity contribution in [3.8, 4) is 0 Å². The van der Waals surface area contributed by atoms with Crippen molar-refractivity contribution in [1.82, 2.24) is 15.2 Å². The lowest BCUT2D eigenvalue weighted by atomic mass is 9.97. The van der Waals surface area contributed by atoms with E-state index in [-0.39, 0.29) is 6.04 Å². The Morgan fingerprint density at radius 3 is 2.76 bits per heavy atom. The SMILES string of the molecule is CCCn1ncc(Br)c1C(CC(C)CC)NN. The molecule has 2 atom stereocenters. The van der Waals surface area contributed by atoms with Gasteiger partial charge in [0.2, 0.25) is 0 Å². The van der Waals surface area contributed by atoms with Crippen molar-refractivity contribution < 1.29 is 0 Å². The van der Waals surface area contributed by atoms with Crippen LogP contribution >= 0.6 is 15.9 Å². The van der Waals surface area contributed by atoms with E-state index in [1.807, 2.05) is 10.9 Å². The molecule has 4 nitrogen and oxygen atoms in total. The monoisotopic (exact) mass is 302 g/mol. The van der Waals surface area contributed by atoms with Gasteiger partial charge in [-0.2, -0.15) is 5.10 Å². The summed E-state index contributed by atoms with van der Waals surface area (Å²) in [7, 11) is 0. The maximum atomic E-state index is 5.69. The fraction of sp³-hybridized carbons (Fsp3) is 0.750. The lowest BCUT2D eigenvalue weighted by molar-refractivity contribution is 0.383. The van der Waals surface area contributed by atoms with E-state index in [4.69, 9.17) is 5.84 Å². The number of aryl methyl sites for hydroxylation is 1. The molecule has 0 fully saturated rings. The third-order valence-corrected chi connectivity index (χ3v) is 3.75. The van der Waals surface area contributed by atoms with Crippen LogP contribution in [0.4, 0.5) is 0 Å². The van der Waals surface area contributed by atoms with E-state index in [2.05, 4.69) is 47.2 Å². The molecule has 0 aliphatic heterocycles. The third-order valence-electron chi connectivity index (χ3n) is 3.13. The molecule has 17 heavy (non-hydrogen) atoms. The number of hydrazine groups is 1. The quantitative estimate of drug-likeness (QED) is 0.601. The average Bonchev–Trinajstić information content (AvgIpc) is 2.68. The number of rotatable bonds is 7. The van der Waals surface area contributed by atoms with Crippen LogP contribution in [0.15, 0.2) is 10.7 Å². The molecule has 1 rings (SSSR count). The first-order chi connectivity index (χ1) is 8.13. The van der Waals surface area contributed by atoms with Gasteiger partial charge in [-0.05, 0) is 34.7 Å². The van der Waals surface area contributed by atoms with Gasteiger partial charge < -0.3 is 0 Å². The fourth-order valence-corrected chi connectivity index (χ4v) is 2.51. The summed E-state index contributed by atoms with van der Waals surface area (Å²) in [5.74, 6) is 6.34. The minimum atomic E-state index is 0.161. The molecule has 2 unspecified atom stereocenters. The molecule has 1 aromatic rings. The van der Waals surface area contributed by atoms with Gasteiger partial charge in [-0.1, -0.05) is 27.2 Å². The van der Waals surface area contributed by atoms with Crippen molar-refractivity contribution in [3.63, 3.8) is 0 Å².